The van der Waals surface area contributed by atoms with E-state index in [1.807, 2.05) is 18.2 Å². The van der Waals surface area contributed by atoms with Gasteiger partial charge in [0, 0.05) is 0 Å². The Morgan fingerprint density at radius 1 is 1.22 bits per heavy atom. The summed E-state index contributed by atoms with van der Waals surface area (Å²) in [5.41, 5.74) is 0.479. The monoisotopic (exact) mass is 326 g/mol. The molecule has 0 bridgehead atoms. The van der Waals surface area contributed by atoms with Crippen molar-refractivity contribution >= 4 is 6.16 Å². The Labute approximate surface area is 132 Å². The molecule has 0 spiro atoms. The zero-order valence-electron chi connectivity index (χ0n) is 12.9. The smallest absolute Gasteiger partial charge is 0.429 e. The molecule has 0 radical (unpaired) electrons. The van der Waals surface area contributed by atoms with Gasteiger partial charge in [-0.2, -0.15) is 13.2 Å². The molecule has 0 saturated carbocycles. The maximum absolute atomic E-state index is 13.1. The molecular weight excluding hydrogens is 309 g/mol. The highest BCUT2D eigenvalue weighted by molar-refractivity contribution is 5.66. The van der Waals surface area contributed by atoms with Crippen molar-refractivity contribution in [1.29, 1.82) is 0 Å². The minimum absolute atomic E-state index is 0.0262. The number of allylic oxidation sites excluding steroid dienone is 2. The standard InChI is InChI=1S/C17H17F3O3/c1-11-8-12(2)15(14(9-11)17(18,19)20)23-16(21)22-10-13-6-4-3-5-7-13/h4,6-9H,3,5,10H2,1-2H3. The third-order valence-corrected chi connectivity index (χ3v) is 3.34. The Morgan fingerprint density at radius 2 is 1.96 bits per heavy atom. The molecule has 0 heterocycles. The molecule has 2 rings (SSSR count). The van der Waals surface area contributed by atoms with Gasteiger partial charge in [-0.25, -0.2) is 4.79 Å². The van der Waals surface area contributed by atoms with E-state index in [1.165, 1.54) is 13.0 Å². The molecule has 1 aliphatic rings. The Bertz CT molecular complexity index is 658. The molecule has 3 nitrogen and oxygen atoms in total. The van der Waals surface area contributed by atoms with Gasteiger partial charge in [0.15, 0.2) is 0 Å². The first kappa shape index (κ1) is 17.1. The largest absolute Gasteiger partial charge is 0.514 e. The van der Waals surface area contributed by atoms with Crippen LogP contribution in [0, 0.1) is 13.8 Å². The van der Waals surface area contributed by atoms with Gasteiger partial charge in [0.2, 0.25) is 0 Å². The Hall–Kier alpha value is -2.24. The van der Waals surface area contributed by atoms with E-state index in [-0.39, 0.29) is 12.2 Å². The van der Waals surface area contributed by atoms with E-state index >= 15 is 0 Å². The molecule has 23 heavy (non-hydrogen) atoms. The van der Waals surface area contributed by atoms with Crippen LogP contribution in [0.5, 0.6) is 5.75 Å². The topological polar surface area (TPSA) is 35.5 Å². The van der Waals surface area contributed by atoms with E-state index < -0.39 is 23.6 Å². The molecule has 0 atom stereocenters. The van der Waals surface area contributed by atoms with Crippen molar-refractivity contribution in [3.63, 3.8) is 0 Å². The van der Waals surface area contributed by atoms with Crippen LogP contribution < -0.4 is 4.74 Å². The number of carbonyl (C=O) groups excluding carboxylic acids is 1. The third-order valence-electron chi connectivity index (χ3n) is 3.34. The van der Waals surface area contributed by atoms with E-state index in [4.69, 9.17) is 9.47 Å². The number of carbonyl (C=O) groups is 1. The number of aryl methyl sites for hydroxylation is 2. The van der Waals surface area contributed by atoms with E-state index in [0.29, 0.717) is 5.56 Å². The van der Waals surface area contributed by atoms with Gasteiger partial charge in [0.1, 0.15) is 12.4 Å². The summed E-state index contributed by atoms with van der Waals surface area (Å²) in [7, 11) is 0. The van der Waals surface area contributed by atoms with Gasteiger partial charge in [-0.1, -0.05) is 24.3 Å². The van der Waals surface area contributed by atoms with Crippen LogP contribution in [0.25, 0.3) is 0 Å². The van der Waals surface area contributed by atoms with Gasteiger partial charge in [0.25, 0.3) is 0 Å². The van der Waals surface area contributed by atoms with E-state index in [1.54, 1.807) is 6.92 Å². The molecule has 6 heteroatoms. The van der Waals surface area contributed by atoms with Crippen molar-refractivity contribution in [3.8, 4) is 5.75 Å². The number of hydrogen-bond acceptors (Lipinski definition) is 3. The van der Waals surface area contributed by atoms with Crippen LogP contribution in [0.3, 0.4) is 0 Å². The first-order chi connectivity index (χ1) is 10.8. The van der Waals surface area contributed by atoms with Crippen LogP contribution in [0.1, 0.15) is 29.5 Å². The Balaban J connectivity index is 2.11. The molecule has 0 saturated heterocycles. The fraction of sp³-hybridized carbons (Fsp3) is 0.353. The number of benzene rings is 1. The SMILES string of the molecule is Cc1cc(C)c(OC(=O)OCC2=CCCC=C2)c(C(F)(F)F)c1. The Morgan fingerprint density at radius 3 is 2.57 bits per heavy atom. The molecule has 0 aliphatic heterocycles. The first-order valence-electron chi connectivity index (χ1n) is 7.16. The number of rotatable bonds is 3. The van der Waals surface area contributed by atoms with Gasteiger partial charge in [0.05, 0.1) is 5.56 Å². The van der Waals surface area contributed by atoms with Crippen molar-refractivity contribution in [2.75, 3.05) is 6.61 Å². The summed E-state index contributed by atoms with van der Waals surface area (Å²) in [5, 5.41) is 0. The lowest BCUT2D eigenvalue weighted by molar-refractivity contribution is -0.138. The quantitative estimate of drug-likeness (QED) is 0.572. The number of halogens is 3. The third kappa shape index (κ3) is 4.61. The second-order valence-electron chi connectivity index (χ2n) is 5.36. The lowest BCUT2D eigenvalue weighted by Gasteiger charge is -2.16. The summed E-state index contributed by atoms with van der Waals surface area (Å²) in [6, 6.07) is 2.46. The van der Waals surface area contributed by atoms with Gasteiger partial charge in [-0.15, -0.1) is 0 Å². The van der Waals surface area contributed by atoms with Gasteiger partial charge in [-0.3, -0.25) is 0 Å². The number of alkyl halides is 3. The van der Waals surface area contributed by atoms with Gasteiger partial charge >= 0.3 is 12.3 Å². The highest BCUT2D eigenvalue weighted by atomic mass is 19.4. The van der Waals surface area contributed by atoms with Crippen LogP contribution in [0.4, 0.5) is 18.0 Å². The molecule has 1 aromatic carbocycles. The second kappa shape index (κ2) is 6.89. The molecule has 0 N–H and O–H groups in total. The summed E-state index contributed by atoms with van der Waals surface area (Å²) >= 11 is 0. The zero-order chi connectivity index (χ0) is 17.0. The maximum atomic E-state index is 13.1. The average molecular weight is 326 g/mol. The second-order valence-corrected chi connectivity index (χ2v) is 5.36. The first-order valence-corrected chi connectivity index (χ1v) is 7.16. The predicted octanol–water partition coefficient (Wildman–Crippen LogP) is 5.11. The highest BCUT2D eigenvalue weighted by Gasteiger charge is 2.36. The lowest BCUT2D eigenvalue weighted by Crippen LogP contribution is -2.17. The molecule has 0 aromatic heterocycles. The van der Waals surface area contributed by atoms with E-state index in [2.05, 4.69) is 0 Å². The molecule has 0 amide bonds. The molecule has 0 unspecified atom stereocenters. The van der Waals surface area contributed by atoms with Crippen LogP contribution in [-0.2, 0) is 10.9 Å². The van der Waals surface area contributed by atoms with Crippen LogP contribution >= 0.6 is 0 Å². The van der Waals surface area contributed by atoms with Gasteiger partial charge in [-0.05, 0) is 49.5 Å². The van der Waals surface area contributed by atoms with Crippen molar-refractivity contribution in [1.82, 2.24) is 0 Å². The summed E-state index contributed by atoms with van der Waals surface area (Å²) in [5.74, 6) is -0.513. The van der Waals surface area contributed by atoms with Crippen molar-refractivity contribution in [3.05, 3.63) is 52.6 Å². The zero-order valence-corrected chi connectivity index (χ0v) is 12.9. The average Bonchev–Trinajstić information content (AvgIpc) is 2.47. The Kier molecular flexibility index (Phi) is 5.13. The lowest BCUT2D eigenvalue weighted by atomic mass is 10.1. The molecule has 0 fully saturated rings. The fourth-order valence-electron chi connectivity index (χ4n) is 2.33. The summed E-state index contributed by atoms with van der Waals surface area (Å²) in [6.45, 7) is 2.98. The molecule has 1 aromatic rings. The summed E-state index contributed by atoms with van der Waals surface area (Å²) < 4.78 is 49.0. The normalized spacial score (nSPS) is 14.4. The van der Waals surface area contributed by atoms with E-state index in [9.17, 15) is 18.0 Å². The van der Waals surface area contributed by atoms with Crippen molar-refractivity contribution in [2.45, 2.75) is 32.9 Å². The maximum Gasteiger partial charge on any atom is 0.514 e. The highest BCUT2D eigenvalue weighted by Crippen LogP contribution is 2.39. The molecule has 124 valence electrons. The molecular formula is C17H17F3O3. The van der Waals surface area contributed by atoms with Crippen LogP contribution in [0.2, 0.25) is 0 Å². The van der Waals surface area contributed by atoms with Crippen molar-refractivity contribution < 1.29 is 27.4 Å². The summed E-state index contributed by atoms with van der Waals surface area (Å²) in [4.78, 5) is 11.7. The minimum atomic E-state index is -4.61. The fourth-order valence-corrected chi connectivity index (χ4v) is 2.33. The van der Waals surface area contributed by atoms with Crippen LogP contribution in [0.15, 0.2) is 35.9 Å². The number of hydrogen-bond donors (Lipinski definition) is 0. The predicted molar refractivity (Wildman–Crippen MR) is 79.4 cm³/mol. The van der Waals surface area contributed by atoms with Crippen molar-refractivity contribution in [2.24, 2.45) is 0 Å². The summed E-state index contributed by atoms with van der Waals surface area (Å²) in [6.07, 6.45) is 1.67. The number of ether oxygens (including phenoxy) is 2. The van der Waals surface area contributed by atoms with Crippen LogP contribution in [-0.4, -0.2) is 12.8 Å². The van der Waals surface area contributed by atoms with Gasteiger partial charge < -0.3 is 9.47 Å². The van der Waals surface area contributed by atoms with E-state index in [0.717, 1.165) is 24.5 Å². The minimum Gasteiger partial charge on any atom is -0.429 e. The molecule has 1 aliphatic carbocycles.